The molecule has 1 amide bonds. The highest BCUT2D eigenvalue weighted by atomic mass is 16.5. The summed E-state index contributed by atoms with van der Waals surface area (Å²) in [6.45, 7) is 5.00. The Labute approximate surface area is 139 Å². The van der Waals surface area contributed by atoms with Crippen LogP contribution in [0.1, 0.15) is 19.5 Å². The number of rotatable bonds is 5. The number of methoxy groups -OCH3 is 1. The van der Waals surface area contributed by atoms with E-state index in [0.29, 0.717) is 11.1 Å². The minimum Gasteiger partial charge on any atom is -0.468 e. The van der Waals surface area contributed by atoms with Gasteiger partial charge in [-0.1, -0.05) is 18.2 Å². The summed E-state index contributed by atoms with van der Waals surface area (Å²) in [4.78, 5) is 37.9. The standard InChI is InChI=1S/C17H21N3O4/c1-11(2)19(10-16(22)24-4)15(21)9-20-17(23)14-8-6-5-7-13(14)12(3)18-20/h5-8,11H,9-10H2,1-4H3. The second-order valence-electron chi connectivity index (χ2n) is 5.79. The van der Waals surface area contributed by atoms with E-state index in [1.54, 1.807) is 32.9 Å². The van der Waals surface area contributed by atoms with Gasteiger partial charge in [-0.3, -0.25) is 14.4 Å². The van der Waals surface area contributed by atoms with Crippen LogP contribution in [0.25, 0.3) is 10.8 Å². The molecular formula is C17H21N3O4. The van der Waals surface area contributed by atoms with Gasteiger partial charge in [-0.15, -0.1) is 0 Å². The van der Waals surface area contributed by atoms with Crippen LogP contribution in [0.4, 0.5) is 0 Å². The number of benzene rings is 1. The lowest BCUT2D eigenvalue weighted by Gasteiger charge is -2.25. The fourth-order valence-corrected chi connectivity index (χ4v) is 2.49. The van der Waals surface area contributed by atoms with E-state index in [1.165, 1.54) is 12.0 Å². The zero-order valence-electron chi connectivity index (χ0n) is 14.3. The first-order valence-corrected chi connectivity index (χ1v) is 7.68. The Morgan fingerprint density at radius 1 is 1.25 bits per heavy atom. The second-order valence-corrected chi connectivity index (χ2v) is 5.79. The first-order valence-electron chi connectivity index (χ1n) is 7.68. The van der Waals surface area contributed by atoms with Gasteiger partial charge in [-0.05, 0) is 26.8 Å². The number of hydrogen-bond acceptors (Lipinski definition) is 5. The molecular weight excluding hydrogens is 310 g/mol. The van der Waals surface area contributed by atoms with E-state index >= 15 is 0 Å². The summed E-state index contributed by atoms with van der Waals surface area (Å²) in [5, 5.41) is 5.50. The van der Waals surface area contributed by atoms with E-state index in [0.717, 1.165) is 10.1 Å². The number of esters is 1. The predicted octanol–water partition coefficient (Wildman–Crippen LogP) is 1.11. The Hall–Kier alpha value is -2.70. The van der Waals surface area contributed by atoms with Crippen molar-refractivity contribution < 1.29 is 14.3 Å². The molecule has 0 saturated heterocycles. The van der Waals surface area contributed by atoms with Crippen LogP contribution in [0.5, 0.6) is 0 Å². The van der Waals surface area contributed by atoms with Crippen molar-refractivity contribution in [1.29, 1.82) is 0 Å². The molecule has 0 aliphatic carbocycles. The molecule has 0 radical (unpaired) electrons. The predicted molar refractivity (Wildman–Crippen MR) is 89.6 cm³/mol. The quantitative estimate of drug-likeness (QED) is 0.767. The average Bonchev–Trinajstić information content (AvgIpc) is 2.56. The van der Waals surface area contributed by atoms with Crippen molar-refractivity contribution in [3.8, 4) is 0 Å². The summed E-state index contributed by atoms with van der Waals surface area (Å²) in [5.41, 5.74) is 0.341. The number of carbonyl (C=O) groups is 2. The molecule has 0 fully saturated rings. The Morgan fingerprint density at radius 3 is 2.46 bits per heavy atom. The third-order valence-electron chi connectivity index (χ3n) is 3.81. The third-order valence-corrected chi connectivity index (χ3v) is 3.81. The number of nitrogens with zero attached hydrogens (tertiary/aromatic N) is 3. The molecule has 1 heterocycles. The number of carbonyl (C=O) groups excluding carboxylic acids is 2. The van der Waals surface area contributed by atoms with Gasteiger partial charge in [0.25, 0.3) is 5.56 Å². The number of amides is 1. The molecule has 0 unspecified atom stereocenters. The van der Waals surface area contributed by atoms with Crippen molar-refractivity contribution in [3.05, 3.63) is 40.3 Å². The summed E-state index contributed by atoms with van der Waals surface area (Å²) >= 11 is 0. The molecule has 0 bridgehead atoms. The molecule has 24 heavy (non-hydrogen) atoms. The highest BCUT2D eigenvalue weighted by Gasteiger charge is 2.22. The van der Waals surface area contributed by atoms with E-state index < -0.39 is 5.97 Å². The van der Waals surface area contributed by atoms with E-state index in [1.807, 2.05) is 12.1 Å². The highest BCUT2D eigenvalue weighted by Crippen LogP contribution is 2.12. The summed E-state index contributed by atoms with van der Waals surface area (Å²) in [7, 11) is 1.27. The molecule has 2 aromatic rings. The molecule has 0 spiro atoms. The molecule has 0 aliphatic rings. The fourth-order valence-electron chi connectivity index (χ4n) is 2.49. The van der Waals surface area contributed by atoms with Gasteiger partial charge in [0.15, 0.2) is 0 Å². The van der Waals surface area contributed by atoms with Crippen molar-refractivity contribution in [3.63, 3.8) is 0 Å². The van der Waals surface area contributed by atoms with E-state index in [4.69, 9.17) is 0 Å². The van der Waals surface area contributed by atoms with Crippen LogP contribution < -0.4 is 5.56 Å². The molecule has 1 aromatic heterocycles. The Morgan fingerprint density at radius 2 is 1.88 bits per heavy atom. The third kappa shape index (κ3) is 3.61. The lowest BCUT2D eigenvalue weighted by molar-refractivity contribution is -0.148. The van der Waals surface area contributed by atoms with Crippen LogP contribution in [0.3, 0.4) is 0 Å². The number of fused-ring (bicyclic) bond motifs is 1. The number of aryl methyl sites for hydroxylation is 1. The first kappa shape index (κ1) is 17.7. The number of ether oxygens (including phenoxy) is 1. The van der Waals surface area contributed by atoms with Gasteiger partial charge in [0, 0.05) is 11.4 Å². The van der Waals surface area contributed by atoms with E-state index in [2.05, 4.69) is 9.84 Å². The molecule has 7 nitrogen and oxygen atoms in total. The van der Waals surface area contributed by atoms with Crippen LogP contribution >= 0.6 is 0 Å². The molecule has 2 rings (SSSR count). The normalized spacial score (nSPS) is 10.9. The van der Waals surface area contributed by atoms with Gasteiger partial charge in [-0.2, -0.15) is 5.10 Å². The largest absolute Gasteiger partial charge is 0.468 e. The zero-order chi connectivity index (χ0) is 17.9. The topological polar surface area (TPSA) is 81.5 Å². The fraction of sp³-hybridized carbons (Fsp3) is 0.412. The van der Waals surface area contributed by atoms with Crippen LogP contribution in [-0.2, 0) is 20.9 Å². The SMILES string of the molecule is COC(=O)CN(C(=O)Cn1nc(C)c2ccccc2c1=O)C(C)C. The highest BCUT2D eigenvalue weighted by molar-refractivity contribution is 5.84. The maximum absolute atomic E-state index is 12.5. The van der Waals surface area contributed by atoms with Gasteiger partial charge < -0.3 is 9.64 Å². The zero-order valence-corrected chi connectivity index (χ0v) is 14.3. The van der Waals surface area contributed by atoms with Crippen molar-refractivity contribution in [2.45, 2.75) is 33.4 Å². The van der Waals surface area contributed by atoms with E-state index in [9.17, 15) is 14.4 Å². The van der Waals surface area contributed by atoms with Crippen molar-refractivity contribution >= 4 is 22.6 Å². The lowest BCUT2D eigenvalue weighted by Crippen LogP contribution is -2.44. The van der Waals surface area contributed by atoms with Crippen LogP contribution in [0.2, 0.25) is 0 Å². The van der Waals surface area contributed by atoms with Crippen molar-refractivity contribution in [2.75, 3.05) is 13.7 Å². The Kier molecular flexibility index (Phi) is 5.33. The maximum atomic E-state index is 12.5. The summed E-state index contributed by atoms with van der Waals surface area (Å²) in [5.74, 6) is -0.869. The van der Waals surface area contributed by atoms with Crippen molar-refractivity contribution in [1.82, 2.24) is 14.7 Å². The summed E-state index contributed by atoms with van der Waals surface area (Å²) < 4.78 is 5.76. The monoisotopic (exact) mass is 331 g/mol. The molecule has 1 aromatic carbocycles. The van der Waals surface area contributed by atoms with Gasteiger partial charge in [0.05, 0.1) is 18.2 Å². The maximum Gasteiger partial charge on any atom is 0.325 e. The molecule has 0 saturated carbocycles. The van der Waals surface area contributed by atoms with Gasteiger partial charge in [0.1, 0.15) is 13.1 Å². The van der Waals surface area contributed by atoms with Crippen LogP contribution in [0.15, 0.2) is 29.1 Å². The number of aromatic nitrogens is 2. The molecule has 128 valence electrons. The summed E-state index contributed by atoms with van der Waals surface area (Å²) in [6.07, 6.45) is 0. The second kappa shape index (κ2) is 7.25. The van der Waals surface area contributed by atoms with Crippen molar-refractivity contribution in [2.24, 2.45) is 0 Å². The first-order chi connectivity index (χ1) is 11.3. The van der Waals surface area contributed by atoms with E-state index in [-0.39, 0.29) is 30.6 Å². The van der Waals surface area contributed by atoms with Crippen LogP contribution in [0, 0.1) is 6.92 Å². The minimum atomic E-state index is -0.507. The molecule has 0 atom stereocenters. The average molecular weight is 331 g/mol. The minimum absolute atomic E-state index is 0.158. The number of hydrogen-bond donors (Lipinski definition) is 0. The molecule has 0 N–H and O–H groups in total. The van der Waals surface area contributed by atoms with Gasteiger partial charge >= 0.3 is 5.97 Å². The molecule has 0 aliphatic heterocycles. The Bertz CT molecular complexity index is 826. The van der Waals surface area contributed by atoms with Crippen LogP contribution in [-0.4, -0.2) is 46.3 Å². The van der Waals surface area contributed by atoms with Gasteiger partial charge in [-0.25, -0.2) is 4.68 Å². The lowest BCUT2D eigenvalue weighted by atomic mass is 10.1. The Balaban J connectivity index is 2.34. The summed E-state index contributed by atoms with van der Waals surface area (Å²) in [6, 6.07) is 6.94. The smallest absolute Gasteiger partial charge is 0.325 e. The molecule has 7 heteroatoms. The van der Waals surface area contributed by atoms with Gasteiger partial charge in [0.2, 0.25) is 5.91 Å².